The summed E-state index contributed by atoms with van der Waals surface area (Å²) < 4.78 is 37.9. The average Bonchev–Trinajstić information content (AvgIpc) is 2.54. The Hall–Kier alpha value is -2.31. The smallest absolute Gasteiger partial charge is 0.151 e. The van der Waals surface area contributed by atoms with Crippen LogP contribution in [0.15, 0.2) is 48.5 Å². The van der Waals surface area contributed by atoms with Crippen molar-refractivity contribution in [1.29, 1.82) is 0 Å². The van der Waals surface area contributed by atoms with Gasteiger partial charge in [-0.1, -0.05) is 30.3 Å². The third-order valence-corrected chi connectivity index (χ3v) is 4.80. The van der Waals surface area contributed by atoms with Crippen LogP contribution in [0.4, 0.5) is 4.39 Å². The van der Waals surface area contributed by atoms with Gasteiger partial charge >= 0.3 is 0 Å². The van der Waals surface area contributed by atoms with Crippen LogP contribution in [-0.4, -0.2) is 19.7 Å². The molecule has 1 heterocycles. The quantitative estimate of drug-likeness (QED) is 0.773. The number of pyridine rings is 1. The minimum Gasteiger partial charge on any atom is -0.323 e. The van der Waals surface area contributed by atoms with E-state index in [4.69, 9.17) is 5.73 Å². The molecule has 3 rings (SSSR count). The highest BCUT2D eigenvalue weighted by Gasteiger charge is 2.21. The summed E-state index contributed by atoms with van der Waals surface area (Å²) in [4.78, 5) is 4.60. The van der Waals surface area contributed by atoms with E-state index in [9.17, 15) is 12.8 Å². The van der Waals surface area contributed by atoms with E-state index in [1.54, 1.807) is 13.0 Å². The molecular weight excluding hydrogens is 339 g/mol. The van der Waals surface area contributed by atoms with Crippen molar-refractivity contribution in [2.75, 3.05) is 6.26 Å². The van der Waals surface area contributed by atoms with Gasteiger partial charge in [-0.25, -0.2) is 12.8 Å². The number of nitrogens with two attached hydrogens (primary N) is 1. The topological polar surface area (TPSA) is 73.0 Å². The molecule has 0 spiro atoms. The summed E-state index contributed by atoms with van der Waals surface area (Å²) in [6.07, 6.45) is 1.17. The molecule has 0 amide bonds. The molecule has 130 valence electrons. The van der Waals surface area contributed by atoms with E-state index < -0.39 is 21.7 Å². The van der Waals surface area contributed by atoms with Crippen LogP contribution >= 0.6 is 0 Å². The number of fused-ring (bicyclic) bond motifs is 1. The Kier molecular flexibility index (Phi) is 4.58. The standard InChI is InChI=1S/C19H19FN2O2S/c1-12(21)19-18(13-6-4-3-5-7-13)16(11-25(2,23)24)15-10-14(20)8-9-17(15)22-19/h3-10,12H,11,21H2,1-2H3. The minimum atomic E-state index is -3.35. The zero-order valence-electron chi connectivity index (χ0n) is 14.0. The molecule has 4 nitrogen and oxygen atoms in total. The lowest BCUT2D eigenvalue weighted by Crippen LogP contribution is -2.13. The van der Waals surface area contributed by atoms with Gasteiger partial charge in [0.1, 0.15) is 5.82 Å². The van der Waals surface area contributed by atoms with Crippen molar-refractivity contribution in [2.24, 2.45) is 5.73 Å². The van der Waals surface area contributed by atoms with Gasteiger partial charge in [0.2, 0.25) is 0 Å². The second-order valence-electron chi connectivity index (χ2n) is 6.24. The summed E-state index contributed by atoms with van der Waals surface area (Å²) in [5, 5.41) is 0.494. The van der Waals surface area contributed by atoms with Crippen LogP contribution in [0.2, 0.25) is 0 Å². The van der Waals surface area contributed by atoms with E-state index in [2.05, 4.69) is 4.98 Å². The van der Waals surface area contributed by atoms with E-state index in [0.29, 0.717) is 27.7 Å². The number of benzene rings is 2. The number of hydrogen-bond donors (Lipinski definition) is 1. The fraction of sp³-hybridized carbons (Fsp3) is 0.211. The van der Waals surface area contributed by atoms with Crippen molar-refractivity contribution in [2.45, 2.75) is 18.7 Å². The van der Waals surface area contributed by atoms with Gasteiger partial charge in [0.25, 0.3) is 0 Å². The number of nitrogens with zero attached hydrogens (tertiary/aromatic N) is 1. The molecule has 1 unspecified atom stereocenters. The SMILES string of the molecule is CC(N)c1nc2ccc(F)cc2c(CS(C)(=O)=O)c1-c1ccccc1. The van der Waals surface area contributed by atoms with Crippen molar-refractivity contribution < 1.29 is 12.8 Å². The van der Waals surface area contributed by atoms with Gasteiger partial charge in [-0.3, -0.25) is 4.98 Å². The van der Waals surface area contributed by atoms with E-state index in [-0.39, 0.29) is 5.75 Å². The Labute approximate surface area is 146 Å². The molecule has 1 atom stereocenters. The molecule has 2 N–H and O–H groups in total. The Morgan fingerprint density at radius 2 is 1.84 bits per heavy atom. The molecular formula is C19H19FN2O2S. The normalized spacial score (nSPS) is 13.1. The van der Waals surface area contributed by atoms with Gasteiger partial charge in [0.15, 0.2) is 9.84 Å². The van der Waals surface area contributed by atoms with Gasteiger partial charge in [-0.05, 0) is 36.2 Å². The summed E-state index contributed by atoms with van der Waals surface area (Å²) in [5.41, 5.74) is 9.27. The molecule has 0 aliphatic heterocycles. The molecule has 0 aliphatic carbocycles. The van der Waals surface area contributed by atoms with Gasteiger partial charge in [0.05, 0.1) is 17.0 Å². The minimum absolute atomic E-state index is 0.209. The van der Waals surface area contributed by atoms with E-state index in [1.165, 1.54) is 18.4 Å². The highest BCUT2D eigenvalue weighted by atomic mass is 32.2. The maximum Gasteiger partial charge on any atom is 0.151 e. The zero-order valence-corrected chi connectivity index (χ0v) is 14.8. The van der Waals surface area contributed by atoms with Gasteiger partial charge < -0.3 is 5.73 Å². The van der Waals surface area contributed by atoms with Crippen molar-refractivity contribution in [3.8, 4) is 11.1 Å². The molecule has 0 radical (unpaired) electrons. The van der Waals surface area contributed by atoms with Crippen LogP contribution in [0.5, 0.6) is 0 Å². The summed E-state index contributed by atoms with van der Waals surface area (Å²) >= 11 is 0. The molecule has 0 aliphatic rings. The molecule has 2 aromatic carbocycles. The maximum absolute atomic E-state index is 13.8. The third-order valence-electron chi connectivity index (χ3n) is 3.98. The largest absolute Gasteiger partial charge is 0.323 e. The molecule has 6 heteroatoms. The summed E-state index contributed by atoms with van der Waals surface area (Å²) in [7, 11) is -3.35. The van der Waals surface area contributed by atoms with Crippen molar-refractivity contribution in [3.05, 3.63) is 65.6 Å². The van der Waals surface area contributed by atoms with Crippen LogP contribution < -0.4 is 5.73 Å². The molecule has 1 aromatic heterocycles. The number of hydrogen-bond acceptors (Lipinski definition) is 4. The molecule has 0 bridgehead atoms. The monoisotopic (exact) mass is 358 g/mol. The second kappa shape index (κ2) is 6.54. The molecule has 3 aromatic rings. The maximum atomic E-state index is 13.8. The first-order valence-corrected chi connectivity index (χ1v) is 9.93. The highest BCUT2D eigenvalue weighted by molar-refractivity contribution is 7.89. The number of sulfone groups is 1. The average molecular weight is 358 g/mol. The first-order valence-electron chi connectivity index (χ1n) is 7.87. The Balaban J connectivity index is 2.48. The van der Waals surface area contributed by atoms with Crippen LogP contribution in [0, 0.1) is 5.82 Å². The van der Waals surface area contributed by atoms with Crippen LogP contribution in [0.1, 0.15) is 24.2 Å². The van der Waals surface area contributed by atoms with Gasteiger partial charge in [-0.2, -0.15) is 0 Å². The first-order chi connectivity index (χ1) is 11.8. The summed E-state index contributed by atoms with van der Waals surface area (Å²) in [6, 6.07) is 13.1. The molecule has 25 heavy (non-hydrogen) atoms. The fourth-order valence-electron chi connectivity index (χ4n) is 2.99. The lowest BCUT2D eigenvalue weighted by molar-refractivity contribution is 0.601. The van der Waals surface area contributed by atoms with Crippen LogP contribution in [-0.2, 0) is 15.6 Å². The van der Waals surface area contributed by atoms with Crippen LogP contribution in [0.25, 0.3) is 22.0 Å². The third kappa shape index (κ3) is 3.70. The van der Waals surface area contributed by atoms with E-state index in [0.717, 1.165) is 5.56 Å². The van der Waals surface area contributed by atoms with Crippen molar-refractivity contribution in [1.82, 2.24) is 4.98 Å². The predicted molar refractivity (Wildman–Crippen MR) is 98.3 cm³/mol. The first kappa shape index (κ1) is 17.5. The summed E-state index contributed by atoms with van der Waals surface area (Å²) in [5.74, 6) is -0.643. The number of aromatic nitrogens is 1. The summed E-state index contributed by atoms with van der Waals surface area (Å²) in [6.45, 7) is 1.80. The fourth-order valence-corrected chi connectivity index (χ4v) is 3.82. The Morgan fingerprint density at radius 1 is 1.16 bits per heavy atom. The number of rotatable bonds is 4. The lowest BCUT2D eigenvalue weighted by Gasteiger charge is -2.19. The number of halogens is 1. The molecule has 0 fully saturated rings. The Morgan fingerprint density at radius 3 is 2.44 bits per heavy atom. The van der Waals surface area contributed by atoms with E-state index in [1.807, 2.05) is 30.3 Å². The predicted octanol–water partition coefficient (Wildman–Crippen LogP) is 3.61. The zero-order chi connectivity index (χ0) is 18.2. The molecule has 0 saturated heterocycles. The van der Waals surface area contributed by atoms with Crippen LogP contribution in [0.3, 0.4) is 0 Å². The van der Waals surface area contributed by atoms with Crippen molar-refractivity contribution in [3.63, 3.8) is 0 Å². The van der Waals surface area contributed by atoms with Gasteiger partial charge in [0, 0.05) is 23.2 Å². The van der Waals surface area contributed by atoms with E-state index >= 15 is 0 Å². The lowest BCUT2D eigenvalue weighted by atomic mass is 9.93. The highest BCUT2D eigenvalue weighted by Crippen LogP contribution is 2.35. The second-order valence-corrected chi connectivity index (χ2v) is 8.38. The van der Waals surface area contributed by atoms with Gasteiger partial charge in [-0.15, -0.1) is 0 Å². The molecule has 0 saturated carbocycles. The van der Waals surface area contributed by atoms with Crippen molar-refractivity contribution >= 4 is 20.7 Å². The Bertz CT molecular complexity index is 1030.